The molecule has 0 spiro atoms. The van der Waals surface area contributed by atoms with Gasteiger partial charge in [-0.2, -0.15) is 0 Å². The van der Waals surface area contributed by atoms with E-state index in [0.29, 0.717) is 5.92 Å². The fourth-order valence-electron chi connectivity index (χ4n) is 3.88. The Balaban J connectivity index is 1.34. The Labute approximate surface area is 156 Å². The second kappa shape index (κ2) is 9.83. The zero-order valence-electron chi connectivity index (χ0n) is 15.9. The minimum Gasteiger partial charge on any atom is -0.338 e. The summed E-state index contributed by atoms with van der Waals surface area (Å²) in [6.07, 6.45) is 6.51. The van der Waals surface area contributed by atoms with Crippen LogP contribution in [0.4, 0.5) is 4.79 Å². The topological polar surface area (TPSA) is 64.6 Å². The lowest BCUT2D eigenvalue weighted by atomic mass is 9.95. The van der Waals surface area contributed by atoms with Gasteiger partial charge in [0.2, 0.25) is 0 Å². The summed E-state index contributed by atoms with van der Waals surface area (Å²) < 4.78 is 0. The molecule has 0 unspecified atom stereocenters. The third kappa shape index (κ3) is 5.38. The number of piperidine rings is 1. The maximum absolute atomic E-state index is 12.5. The Morgan fingerprint density at radius 1 is 1.23 bits per heavy atom. The Morgan fingerprint density at radius 3 is 2.77 bits per heavy atom. The number of amides is 2. The number of carbonyl (C=O) groups is 1. The van der Waals surface area contributed by atoms with Crippen molar-refractivity contribution in [3.63, 3.8) is 0 Å². The number of likely N-dealkylation sites (N-methyl/N-ethyl adjacent to an activating group) is 1. The average molecular weight is 361 g/mol. The predicted octanol–water partition coefficient (Wildman–Crippen LogP) is 1.39. The van der Waals surface area contributed by atoms with Gasteiger partial charge in [-0.15, -0.1) is 0 Å². The van der Waals surface area contributed by atoms with Crippen molar-refractivity contribution in [2.45, 2.75) is 32.1 Å². The molecule has 0 radical (unpaired) electrons. The highest BCUT2D eigenvalue weighted by molar-refractivity contribution is 5.74. The number of rotatable bonds is 6. The van der Waals surface area contributed by atoms with E-state index in [0.717, 1.165) is 70.8 Å². The predicted molar refractivity (Wildman–Crippen MR) is 102 cm³/mol. The standard InChI is InChI=1S/C19H32N6O/c1-2-23-11-13-24(14-12-23)9-4-7-21-19(26)25-10-3-5-17(15-25)18-6-8-20-16-22-18/h6,8,16-17H,2-5,7,9-15H2,1H3,(H,21,26)/t17-/m0/s1. The Morgan fingerprint density at radius 2 is 2.04 bits per heavy atom. The average Bonchev–Trinajstić information content (AvgIpc) is 2.72. The lowest BCUT2D eigenvalue weighted by Gasteiger charge is -2.34. The minimum atomic E-state index is 0.0690. The van der Waals surface area contributed by atoms with E-state index in [1.165, 1.54) is 13.1 Å². The van der Waals surface area contributed by atoms with Gasteiger partial charge in [0.05, 0.1) is 0 Å². The molecule has 1 aromatic rings. The van der Waals surface area contributed by atoms with Crippen LogP contribution in [0.5, 0.6) is 0 Å². The number of piperazine rings is 1. The van der Waals surface area contributed by atoms with Gasteiger partial charge in [-0.1, -0.05) is 6.92 Å². The number of nitrogens with zero attached hydrogens (tertiary/aromatic N) is 5. The van der Waals surface area contributed by atoms with E-state index in [4.69, 9.17) is 0 Å². The largest absolute Gasteiger partial charge is 0.338 e. The molecule has 1 N–H and O–H groups in total. The van der Waals surface area contributed by atoms with Crippen molar-refractivity contribution < 1.29 is 4.79 Å². The summed E-state index contributed by atoms with van der Waals surface area (Å²) in [4.78, 5) is 27.7. The van der Waals surface area contributed by atoms with Crippen LogP contribution in [-0.2, 0) is 0 Å². The summed E-state index contributed by atoms with van der Waals surface area (Å²) in [5.74, 6) is 0.326. The Hall–Kier alpha value is -1.73. The number of aromatic nitrogens is 2. The smallest absolute Gasteiger partial charge is 0.317 e. The Kier molecular flexibility index (Phi) is 7.20. The summed E-state index contributed by atoms with van der Waals surface area (Å²) in [7, 11) is 0. The van der Waals surface area contributed by atoms with E-state index >= 15 is 0 Å². The molecule has 0 saturated carbocycles. The molecule has 1 aromatic heterocycles. The first-order chi connectivity index (χ1) is 12.8. The third-order valence-corrected chi connectivity index (χ3v) is 5.57. The second-order valence-electron chi connectivity index (χ2n) is 7.28. The summed E-state index contributed by atoms with van der Waals surface area (Å²) in [6.45, 7) is 11.4. The molecule has 3 rings (SSSR count). The van der Waals surface area contributed by atoms with Gasteiger partial charge in [0.1, 0.15) is 6.33 Å². The second-order valence-corrected chi connectivity index (χ2v) is 7.28. The van der Waals surface area contributed by atoms with Gasteiger partial charge >= 0.3 is 6.03 Å². The number of nitrogens with one attached hydrogen (secondary N) is 1. The van der Waals surface area contributed by atoms with E-state index < -0.39 is 0 Å². The molecule has 2 fully saturated rings. The lowest BCUT2D eigenvalue weighted by Crippen LogP contribution is -2.47. The van der Waals surface area contributed by atoms with E-state index in [1.54, 1.807) is 12.5 Å². The molecule has 144 valence electrons. The van der Waals surface area contributed by atoms with Crippen molar-refractivity contribution in [2.24, 2.45) is 0 Å². The molecule has 26 heavy (non-hydrogen) atoms. The van der Waals surface area contributed by atoms with Crippen molar-refractivity contribution in [3.8, 4) is 0 Å². The normalized spacial score (nSPS) is 22.3. The van der Waals surface area contributed by atoms with Crippen molar-refractivity contribution in [1.29, 1.82) is 0 Å². The fraction of sp³-hybridized carbons (Fsp3) is 0.737. The van der Waals surface area contributed by atoms with Crippen LogP contribution in [0.2, 0.25) is 0 Å². The number of hydrogen-bond donors (Lipinski definition) is 1. The fourth-order valence-corrected chi connectivity index (χ4v) is 3.88. The third-order valence-electron chi connectivity index (χ3n) is 5.57. The molecule has 2 aliphatic rings. The molecule has 2 amide bonds. The molecular weight excluding hydrogens is 328 g/mol. The van der Waals surface area contributed by atoms with Crippen LogP contribution in [0.15, 0.2) is 18.6 Å². The molecule has 7 heteroatoms. The lowest BCUT2D eigenvalue weighted by molar-refractivity contribution is 0.135. The van der Waals surface area contributed by atoms with Gasteiger partial charge in [-0.05, 0) is 38.4 Å². The van der Waals surface area contributed by atoms with E-state index in [-0.39, 0.29) is 6.03 Å². The van der Waals surface area contributed by atoms with Crippen LogP contribution in [0.1, 0.15) is 37.8 Å². The molecule has 0 aromatic carbocycles. The highest BCUT2D eigenvalue weighted by Gasteiger charge is 2.25. The first-order valence-corrected chi connectivity index (χ1v) is 9.99. The van der Waals surface area contributed by atoms with Crippen molar-refractivity contribution in [3.05, 3.63) is 24.3 Å². The SMILES string of the molecule is CCN1CCN(CCCNC(=O)N2CCC[C@H](c3ccncn3)C2)CC1. The monoisotopic (exact) mass is 360 g/mol. The van der Waals surface area contributed by atoms with E-state index in [2.05, 4.69) is 32.0 Å². The summed E-state index contributed by atoms with van der Waals surface area (Å²) in [6, 6.07) is 2.03. The minimum absolute atomic E-state index is 0.0690. The first kappa shape index (κ1) is 19.0. The van der Waals surface area contributed by atoms with Gasteiger partial charge in [0.15, 0.2) is 0 Å². The van der Waals surface area contributed by atoms with E-state index in [9.17, 15) is 4.79 Å². The molecule has 2 saturated heterocycles. The van der Waals surface area contributed by atoms with Crippen LogP contribution in [0.3, 0.4) is 0 Å². The molecule has 7 nitrogen and oxygen atoms in total. The summed E-state index contributed by atoms with van der Waals surface area (Å²) in [5.41, 5.74) is 1.05. The van der Waals surface area contributed by atoms with Crippen LogP contribution in [0.25, 0.3) is 0 Å². The summed E-state index contributed by atoms with van der Waals surface area (Å²) >= 11 is 0. The Bertz CT molecular complexity index is 546. The van der Waals surface area contributed by atoms with Crippen molar-refractivity contribution in [2.75, 3.05) is 58.9 Å². The van der Waals surface area contributed by atoms with Gasteiger partial charge < -0.3 is 20.0 Å². The van der Waals surface area contributed by atoms with E-state index in [1.807, 2.05) is 11.0 Å². The maximum Gasteiger partial charge on any atom is 0.317 e. The molecule has 1 atom stereocenters. The number of hydrogen-bond acceptors (Lipinski definition) is 5. The highest BCUT2D eigenvalue weighted by atomic mass is 16.2. The van der Waals surface area contributed by atoms with Crippen LogP contribution >= 0.6 is 0 Å². The van der Waals surface area contributed by atoms with Crippen molar-refractivity contribution >= 4 is 6.03 Å². The molecule has 0 aliphatic carbocycles. The highest BCUT2D eigenvalue weighted by Crippen LogP contribution is 2.24. The molecule has 0 bridgehead atoms. The van der Waals surface area contributed by atoms with Crippen molar-refractivity contribution in [1.82, 2.24) is 30.0 Å². The zero-order valence-corrected chi connectivity index (χ0v) is 15.9. The van der Waals surface area contributed by atoms with Crippen LogP contribution in [-0.4, -0.2) is 89.6 Å². The van der Waals surface area contributed by atoms with Gasteiger partial charge in [-0.3, -0.25) is 0 Å². The quantitative estimate of drug-likeness (QED) is 0.777. The molecule has 2 aliphatic heterocycles. The van der Waals surface area contributed by atoms with Gasteiger partial charge in [-0.25, -0.2) is 14.8 Å². The van der Waals surface area contributed by atoms with Crippen LogP contribution < -0.4 is 5.32 Å². The van der Waals surface area contributed by atoms with Crippen LogP contribution in [0, 0.1) is 0 Å². The maximum atomic E-state index is 12.5. The number of carbonyl (C=O) groups excluding carboxylic acids is 1. The first-order valence-electron chi connectivity index (χ1n) is 9.99. The summed E-state index contributed by atoms with van der Waals surface area (Å²) in [5, 5.41) is 3.10. The van der Waals surface area contributed by atoms with Gasteiger partial charge in [0, 0.05) is 63.6 Å². The molecular formula is C19H32N6O. The molecule has 3 heterocycles. The number of urea groups is 1. The zero-order chi connectivity index (χ0) is 18.2. The number of likely N-dealkylation sites (tertiary alicyclic amines) is 1. The van der Waals surface area contributed by atoms with Gasteiger partial charge in [0.25, 0.3) is 0 Å².